The van der Waals surface area contributed by atoms with E-state index in [0.29, 0.717) is 10.0 Å². The van der Waals surface area contributed by atoms with E-state index in [-0.39, 0.29) is 12.1 Å². The van der Waals surface area contributed by atoms with Crippen LogP contribution in [0, 0.1) is 3.57 Å². The highest BCUT2D eigenvalue weighted by Crippen LogP contribution is 2.28. The molecule has 0 saturated carbocycles. The van der Waals surface area contributed by atoms with E-state index >= 15 is 0 Å². The fraction of sp³-hybridized carbons (Fsp3) is 0.250. The molecule has 1 nitrogen and oxygen atoms in total. The summed E-state index contributed by atoms with van der Waals surface area (Å²) in [5.74, 6) is 0. The summed E-state index contributed by atoms with van der Waals surface area (Å²) < 4.78 is 1.24. The zero-order valence-corrected chi connectivity index (χ0v) is 15.0. The van der Waals surface area contributed by atoms with Crippen LogP contribution in [0.15, 0.2) is 42.5 Å². The molecule has 0 aromatic heterocycles. The molecular formula is C16H16Cl2IN. The van der Waals surface area contributed by atoms with Crippen molar-refractivity contribution in [3.05, 3.63) is 67.2 Å². The highest BCUT2D eigenvalue weighted by atomic mass is 127. The third kappa shape index (κ3) is 4.10. The summed E-state index contributed by atoms with van der Waals surface area (Å²) in [6, 6.07) is 14.6. The van der Waals surface area contributed by atoms with Gasteiger partial charge in [-0.3, -0.25) is 0 Å². The molecule has 4 heteroatoms. The van der Waals surface area contributed by atoms with Crippen LogP contribution >= 0.6 is 45.8 Å². The maximum atomic E-state index is 6.25. The lowest BCUT2D eigenvalue weighted by Gasteiger charge is -2.21. The Morgan fingerprint density at radius 1 is 0.950 bits per heavy atom. The van der Waals surface area contributed by atoms with E-state index in [4.69, 9.17) is 23.2 Å². The lowest BCUT2D eigenvalue weighted by Crippen LogP contribution is -2.22. The minimum absolute atomic E-state index is 0.161. The minimum Gasteiger partial charge on any atom is -0.304 e. The summed E-state index contributed by atoms with van der Waals surface area (Å²) in [4.78, 5) is 0. The summed E-state index contributed by atoms with van der Waals surface area (Å²) in [6.45, 7) is 4.26. The second-order valence-corrected chi connectivity index (χ2v) is 6.92. The van der Waals surface area contributed by atoms with Crippen molar-refractivity contribution in [1.82, 2.24) is 5.32 Å². The van der Waals surface area contributed by atoms with Gasteiger partial charge in [-0.05, 0) is 71.8 Å². The summed E-state index contributed by atoms with van der Waals surface area (Å²) in [6.07, 6.45) is 0. The van der Waals surface area contributed by atoms with Gasteiger partial charge >= 0.3 is 0 Å². The van der Waals surface area contributed by atoms with Crippen LogP contribution in [-0.2, 0) is 0 Å². The van der Waals surface area contributed by atoms with E-state index in [2.05, 4.69) is 66.0 Å². The van der Waals surface area contributed by atoms with Gasteiger partial charge in [0.1, 0.15) is 0 Å². The van der Waals surface area contributed by atoms with Crippen molar-refractivity contribution in [2.45, 2.75) is 25.9 Å². The molecule has 20 heavy (non-hydrogen) atoms. The molecule has 2 aromatic rings. The minimum atomic E-state index is 0.161. The smallest absolute Gasteiger partial charge is 0.0468 e. The van der Waals surface area contributed by atoms with Gasteiger partial charge in [0.15, 0.2) is 0 Å². The van der Waals surface area contributed by atoms with Gasteiger partial charge in [-0.15, -0.1) is 0 Å². The molecule has 0 bridgehead atoms. The second kappa shape index (κ2) is 7.12. The first-order valence-electron chi connectivity index (χ1n) is 6.44. The van der Waals surface area contributed by atoms with E-state index in [1.54, 1.807) is 6.07 Å². The van der Waals surface area contributed by atoms with E-state index in [0.717, 1.165) is 5.56 Å². The first-order chi connectivity index (χ1) is 9.47. The highest BCUT2D eigenvalue weighted by Gasteiger charge is 2.13. The fourth-order valence-corrected chi connectivity index (χ4v) is 3.10. The van der Waals surface area contributed by atoms with E-state index in [1.807, 2.05) is 12.1 Å². The zero-order chi connectivity index (χ0) is 14.7. The van der Waals surface area contributed by atoms with Crippen molar-refractivity contribution in [3.63, 3.8) is 0 Å². The molecule has 1 N–H and O–H groups in total. The lowest BCUT2D eigenvalue weighted by molar-refractivity contribution is 0.495. The fourth-order valence-electron chi connectivity index (χ4n) is 2.17. The summed E-state index contributed by atoms with van der Waals surface area (Å²) >= 11 is 14.5. The molecule has 0 aliphatic carbocycles. The number of hydrogen-bond acceptors (Lipinski definition) is 1. The molecule has 106 valence electrons. The Labute approximate surface area is 143 Å². The Balaban J connectivity index is 2.10. The monoisotopic (exact) mass is 419 g/mol. The van der Waals surface area contributed by atoms with Crippen LogP contribution in [0.5, 0.6) is 0 Å². The maximum absolute atomic E-state index is 6.25. The van der Waals surface area contributed by atoms with Gasteiger partial charge < -0.3 is 5.32 Å². The predicted octanol–water partition coefficient (Wildman–Crippen LogP) is 6.01. The molecule has 0 radical (unpaired) electrons. The molecule has 2 rings (SSSR count). The van der Waals surface area contributed by atoms with Crippen molar-refractivity contribution < 1.29 is 0 Å². The largest absolute Gasteiger partial charge is 0.304 e. The standard InChI is InChI=1S/C16H16Cl2IN/c1-10(12-3-6-14(19)7-4-12)20-11(2)15-8-5-13(17)9-16(15)18/h3-11,20H,1-2H3. The average molecular weight is 420 g/mol. The normalized spacial score (nSPS) is 14.1. The third-order valence-electron chi connectivity index (χ3n) is 3.30. The quantitative estimate of drug-likeness (QED) is 0.598. The number of benzene rings is 2. The number of hydrogen-bond donors (Lipinski definition) is 1. The molecule has 0 amide bonds. The highest BCUT2D eigenvalue weighted by molar-refractivity contribution is 14.1. The first kappa shape index (κ1) is 16.1. The van der Waals surface area contributed by atoms with Gasteiger partial charge in [-0.2, -0.15) is 0 Å². The molecular weight excluding hydrogens is 404 g/mol. The van der Waals surface area contributed by atoms with Gasteiger partial charge in [-0.1, -0.05) is 41.4 Å². The third-order valence-corrected chi connectivity index (χ3v) is 4.58. The van der Waals surface area contributed by atoms with Crippen molar-refractivity contribution in [2.75, 3.05) is 0 Å². The second-order valence-electron chi connectivity index (χ2n) is 4.83. The predicted molar refractivity (Wildman–Crippen MR) is 95.6 cm³/mol. The summed E-state index contributed by atoms with van der Waals surface area (Å²) in [5.41, 5.74) is 2.33. The Morgan fingerprint density at radius 2 is 1.60 bits per heavy atom. The van der Waals surface area contributed by atoms with Crippen LogP contribution in [-0.4, -0.2) is 0 Å². The van der Waals surface area contributed by atoms with E-state index in [1.165, 1.54) is 9.13 Å². The molecule has 2 atom stereocenters. The Morgan fingerprint density at radius 3 is 2.20 bits per heavy atom. The van der Waals surface area contributed by atoms with Gasteiger partial charge in [0.25, 0.3) is 0 Å². The van der Waals surface area contributed by atoms with Crippen LogP contribution < -0.4 is 5.32 Å². The Hall–Kier alpha value is -0.290. The van der Waals surface area contributed by atoms with Gasteiger partial charge in [-0.25, -0.2) is 0 Å². The van der Waals surface area contributed by atoms with Gasteiger partial charge in [0.05, 0.1) is 0 Å². The van der Waals surface area contributed by atoms with Crippen LogP contribution in [0.1, 0.15) is 37.1 Å². The van der Waals surface area contributed by atoms with Crippen LogP contribution in [0.4, 0.5) is 0 Å². The SMILES string of the molecule is CC(NC(C)c1ccc(Cl)cc1Cl)c1ccc(I)cc1. The van der Waals surface area contributed by atoms with E-state index in [9.17, 15) is 0 Å². The number of halogens is 3. The lowest BCUT2D eigenvalue weighted by atomic mass is 10.0. The van der Waals surface area contributed by atoms with Crippen molar-refractivity contribution in [2.24, 2.45) is 0 Å². The van der Waals surface area contributed by atoms with Crippen LogP contribution in [0.3, 0.4) is 0 Å². The molecule has 0 fully saturated rings. The summed E-state index contributed by atoms with van der Waals surface area (Å²) in [5, 5.41) is 4.93. The van der Waals surface area contributed by atoms with Gasteiger partial charge in [0.2, 0.25) is 0 Å². The molecule has 2 unspecified atom stereocenters. The number of rotatable bonds is 4. The molecule has 0 spiro atoms. The van der Waals surface area contributed by atoms with Crippen LogP contribution in [0.25, 0.3) is 0 Å². The number of nitrogens with one attached hydrogen (secondary N) is 1. The van der Waals surface area contributed by atoms with Gasteiger partial charge in [0, 0.05) is 25.7 Å². The Kier molecular flexibility index (Phi) is 5.73. The topological polar surface area (TPSA) is 12.0 Å². The van der Waals surface area contributed by atoms with Crippen LogP contribution in [0.2, 0.25) is 10.0 Å². The zero-order valence-electron chi connectivity index (χ0n) is 11.3. The molecule has 0 aliphatic heterocycles. The van der Waals surface area contributed by atoms with Crippen molar-refractivity contribution in [3.8, 4) is 0 Å². The van der Waals surface area contributed by atoms with Crippen molar-refractivity contribution in [1.29, 1.82) is 0 Å². The van der Waals surface area contributed by atoms with Crippen molar-refractivity contribution >= 4 is 45.8 Å². The molecule has 0 saturated heterocycles. The Bertz CT molecular complexity index is 584. The summed E-state index contributed by atoms with van der Waals surface area (Å²) in [7, 11) is 0. The molecule has 2 aromatic carbocycles. The molecule has 0 heterocycles. The maximum Gasteiger partial charge on any atom is 0.0468 e. The van der Waals surface area contributed by atoms with E-state index < -0.39 is 0 Å². The first-order valence-corrected chi connectivity index (χ1v) is 8.27. The average Bonchev–Trinajstić information content (AvgIpc) is 2.39. The molecule has 0 aliphatic rings.